The molecule has 21 heavy (non-hydrogen) atoms. The highest BCUT2D eigenvalue weighted by molar-refractivity contribution is 5.95. The largest absolute Gasteiger partial charge is 0.484 e. The maximum Gasteiger partial charge on any atom is 0.310 e. The van der Waals surface area contributed by atoms with Crippen LogP contribution in [-0.4, -0.2) is 48.1 Å². The first-order chi connectivity index (χ1) is 9.99. The van der Waals surface area contributed by atoms with Crippen molar-refractivity contribution >= 4 is 11.6 Å². The smallest absolute Gasteiger partial charge is 0.310 e. The number of benzene rings is 1. The molecule has 0 N–H and O–H groups in total. The second-order valence-electron chi connectivity index (χ2n) is 5.01. The number of rotatable bonds is 4. The Morgan fingerprint density at radius 2 is 2.05 bits per heavy atom. The highest BCUT2D eigenvalue weighted by Gasteiger charge is 2.23. The van der Waals surface area contributed by atoms with Crippen LogP contribution in [0, 0.1) is 10.1 Å². The molecule has 1 amide bonds. The molecule has 0 spiro atoms. The van der Waals surface area contributed by atoms with Crippen LogP contribution in [0.1, 0.15) is 24.2 Å². The molecule has 0 aliphatic carbocycles. The van der Waals surface area contributed by atoms with Crippen molar-refractivity contribution in [2.45, 2.75) is 20.0 Å². The van der Waals surface area contributed by atoms with E-state index in [2.05, 4.69) is 0 Å². The van der Waals surface area contributed by atoms with Gasteiger partial charge in [0.25, 0.3) is 5.91 Å². The number of hydrogen-bond donors (Lipinski definition) is 0. The maximum atomic E-state index is 12.4. The van der Waals surface area contributed by atoms with E-state index in [-0.39, 0.29) is 23.4 Å². The molecule has 0 radical (unpaired) electrons. The summed E-state index contributed by atoms with van der Waals surface area (Å²) < 4.78 is 10.7. The molecule has 1 heterocycles. The van der Waals surface area contributed by atoms with Crippen LogP contribution >= 0.6 is 0 Å². The molecule has 114 valence electrons. The van der Waals surface area contributed by atoms with Gasteiger partial charge in [0.05, 0.1) is 24.2 Å². The molecule has 0 unspecified atom stereocenters. The van der Waals surface area contributed by atoms with Crippen LogP contribution in [0.15, 0.2) is 18.2 Å². The zero-order valence-corrected chi connectivity index (χ0v) is 12.1. The average molecular weight is 294 g/mol. The minimum absolute atomic E-state index is 0.120. The fraction of sp³-hybridized carbons (Fsp3) is 0.500. The molecular formula is C14H18N2O5. The van der Waals surface area contributed by atoms with Crippen LogP contribution in [0.5, 0.6) is 5.75 Å². The monoisotopic (exact) mass is 294 g/mol. The van der Waals surface area contributed by atoms with E-state index in [0.29, 0.717) is 31.9 Å². The van der Waals surface area contributed by atoms with Gasteiger partial charge in [-0.05, 0) is 19.9 Å². The van der Waals surface area contributed by atoms with E-state index in [9.17, 15) is 14.9 Å². The summed E-state index contributed by atoms with van der Waals surface area (Å²) in [6.45, 7) is 5.62. The van der Waals surface area contributed by atoms with Gasteiger partial charge in [-0.3, -0.25) is 14.9 Å². The quantitative estimate of drug-likeness (QED) is 0.625. The van der Waals surface area contributed by atoms with E-state index in [1.165, 1.54) is 18.2 Å². The van der Waals surface area contributed by atoms with Crippen molar-refractivity contribution in [2.24, 2.45) is 0 Å². The summed E-state index contributed by atoms with van der Waals surface area (Å²) in [6.07, 6.45) is -0.211. The van der Waals surface area contributed by atoms with Gasteiger partial charge in [-0.1, -0.05) is 0 Å². The summed E-state index contributed by atoms with van der Waals surface area (Å²) in [5.41, 5.74) is 0.250. The molecule has 7 heteroatoms. The molecule has 7 nitrogen and oxygen atoms in total. The predicted molar refractivity (Wildman–Crippen MR) is 75.6 cm³/mol. The van der Waals surface area contributed by atoms with Gasteiger partial charge in [-0.25, -0.2) is 0 Å². The zero-order valence-electron chi connectivity index (χ0n) is 12.1. The highest BCUT2D eigenvalue weighted by atomic mass is 16.6. The van der Waals surface area contributed by atoms with Crippen molar-refractivity contribution in [3.05, 3.63) is 33.9 Å². The van der Waals surface area contributed by atoms with Crippen LogP contribution < -0.4 is 4.74 Å². The number of hydrogen-bond acceptors (Lipinski definition) is 5. The topological polar surface area (TPSA) is 81.9 Å². The molecule has 0 atom stereocenters. The van der Waals surface area contributed by atoms with Crippen LogP contribution in [0.2, 0.25) is 0 Å². The Hall–Kier alpha value is -2.15. The number of ether oxygens (including phenoxy) is 2. The molecule has 2 rings (SSSR count). The Labute approximate surface area is 122 Å². The number of amides is 1. The van der Waals surface area contributed by atoms with E-state index in [0.717, 1.165) is 0 Å². The fourth-order valence-corrected chi connectivity index (χ4v) is 2.10. The van der Waals surface area contributed by atoms with Crippen molar-refractivity contribution in [1.82, 2.24) is 4.90 Å². The fourth-order valence-electron chi connectivity index (χ4n) is 2.10. The molecule has 1 saturated heterocycles. The summed E-state index contributed by atoms with van der Waals surface area (Å²) in [4.78, 5) is 24.5. The van der Waals surface area contributed by atoms with Gasteiger partial charge in [0.15, 0.2) is 5.75 Å². The Bertz CT molecular complexity index is 538. The average Bonchev–Trinajstić information content (AvgIpc) is 2.46. The third-order valence-corrected chi connectivity index (χ3v) is 3.06. The molecule has 0 aromatic heterocycles. The number of nitro groups is 1. The molecule has 1 aromatic carbocycles. The van der Waals surface area contributed by atoms with E-state index in [4.69, 9.17) is 9.47 Å². The van der Waals surface area contributed by atoms with E-state index >= 15 is 0 Å². The van der Waals surface area contributed by atoms with Crippen molar-refractivity contribution in [1.29, 1.82) is 0 Å². The standard InChI is InChI=1S/C14H18N2O5/c1-10(2)21-13-9-11(3-4-12(13)16(18)19)14(17)15-5-7-20-8-6-15/h3-4,9-10H,5-8H2,1-2H3. The maximum absolute atomic E-state index is 12.4. The number of carbonyl (C=O) groups is 1. The minimum Gasteiger partial charge on any atom is -0.484 e. The van der Waals surface area contributed by atoms with Crippen LogP contribution in [-0.2, 0) is 4.74 Å². The highest BCUT2D eigenvalue weighted by Crippen LogP contribution is 2.29. The number of carbonyl (C=O) groups excluding carboxylic acids is 1. The van der Waals surface area contributed by atoms with Gasteiger partial charge in [-0.2, -0.15) is 0 Å². The number of morpholine rings is 1. The number of nitro benzene ring substituents is 1. The van der Waals surface area contributed by atoms with E-state index in [1.54, 1.807) is 18.7 Å². The molecule has 1 aliphatic heterocycles. The van der Waals surface area contributed by atoms with Crippen molar-refractivity contribution < 1.29 is 19.2 Å². The Morgan fingerprint density at radius 3 is 2.62 bits per heavy atom. The lowest BCUT2D eigenvalue weighted by molar-refractivity contribution is -0.386. The van der Waals surface area contributed by atoms with Crippen LogP contribution in [0.4, 0.5) is 5.69 Å². The van der Waals surface area contributed by atoms with Gasteiger partial charge >= 0.3 is 5.69 Å². The molecular weight excluding hydrogens is 276 g/mol. The number of nitrogens with zero attached hydrogens (tertiary/aromatic N) is 2. The Kier molecular flexibility index (Phi) is 4.74. The van der Waals surface area contributed by atoms with Crippen molar-refractivity contribution in [3.63, 3.8) is 0 Å². The third kappa shape index (κ3) is 3.69. The Balaban J connectivity index is 2.27. The molecule has 0 saturated carbocycles. The zero-order chi connectivity index (χ0) is 15.4. The SMILES string of the molecule is CC(C)Oc1cc(C(=O)N2CCOCC2)ccc1[N+](=O)[O-]. The van der Waals surface area contributed by atoms with Gasteiger partial charge in [0.1, 0.15) is 0 Å². The van der Waals surface area contributed by atoms with Crippen LogP contribution in [0.25, 0.3) is 0 Å². The second kappa shape index (κ2) is 6.53. The molecule has 0 bridgehead atoms. The summed E-state index contributed by atoms with van der Waals surface area (Å²) in [5.74, 6) is -0.0455. The third-order valence-electron chi connectivity index (χ3n) is 3.06. The summed E-state index contributed by atoms with van der Waals surface area (Å²) in [7, 11) is 0. The lowest BCUT2D eigenvalue weighted by atomic mass is 10.1. The summed E-state index contributed by atoms with van der Waals surface area (Å²) >= 11 is 0. The molecule has 1 aromatic rings. The first-order valence-corrected chi connectivity index (χ1v) is 6.81. The van der Waals surface area contributed by atoms with Gasteiger partial charge in [0, 0.05) is 30.8 Å². The Morgan fingerprint density at radius 1 is 1.38 bits per heavy atom. The first kappa shape index (κ1) is 15.2. The molecule has 1 fully saturated rings. The normalized spacial score (nSPS) is 15.1. The van der Waals surface area contributed by atoms with Gasteiger partial charge in [0.2, 0.25) is 0 Å². The van der Waals surface area contributed by atoms with E-state index in [1.807, 2.05) is 0 Å². The van der Waals surface area contributed by atoms with Gasteiger partial charge in [-0.15, -0.1) is 0 Å². The minimum atomic E-state index is -0.513. The van der Waals surface area contributed by atoms with Crippen molar-refractivity contribution in [3.8, 4) is 5.75 Å². The van der Waals surface area contributed by atoms with E-state index < -0.39 is 4.92 Å². The first-order valence-electron chi connectivity index (χ1n) is 6.81. The van der Waals surface area contributed by atoms with Gasteiger partial charge < -0.3 is 14.4 Å². The summed E-state index contributed by atoms with van der Waals surface area (Å²) in [6, 6.07) is 4.21. The lowest BCUT2D eigenvalue weighted by Crippen LogP contribution is -2.40. The predicted octanol–water partition coefficient (Wildman–Crippen LogP) is 1.85. The lowest BCUT2D eigenvalue weighted by Gasteiger charge is -2.27. The second-order valence-corrected chi connectivity index (χ2v) is 5.01. The summed E-state index contributed by atoms with van der Waals surface area (Å²) in [5, 5.41) is 11.0. The van der Waals surface area contributed by atoms with Crippen LogP contribution in [0.3, 0.4) is 0 Å². The molecule has 1 aliphatic rings. The van der Waals surface area contributed by atoms with Crippen molar-refractivity contribution in [2.75, 3.05) is 26.3 Å².